The Morgan fingerprint density at radius 3 is 2.50 bits per heavy atom. The summed E-state index contributed by atoms with van der Waals surface area (Å²) in [7, 11) is 4.13. The summed E-state index contributed by atoms with van der Waals surface area (Å²) in [4.78, 5) is 4.55. The maximum atomic E-state index is 5.89. The van der Waals surface area contributed by atoms with Crippen LogP contribution in [0.15, 0.2) is 24.3 Å². The van der Waals surface area contributed by atoms with Crippen LogP contribution in [0, 0.1) is 0 Å². The molecule has 0 saturated carbocycles. The number of hydrogen-bond acceptors (Lipinski definition) is 3. The van der Waals surface area contributed by atoms with Crippen molar-refractivity contribution in [3.63, 3.8) is 0 Å². The van der Waals surface area contributed by atoms with Crippen molar-refractivity contribution in [3.05, 3.63) is 29.8 Å². The molecule has 0 spiro atoms. The van der Waals surface area contributed by atoms with Crippen molar-refractivity contribution in [3.8, 4) is 0 Å². The molecule has 0 amide bonds. The van der Waals surface area contributed by atoms with Crippen molar-refractivity contribution in [2.45, 2.75) is 19.0 Å². The summed E-state index contributed by atoms with van der Waals surface area (Å²) in [5.41, 5.74) is 8.52. The van der Waals surface area contributed by atoms with E-state index in [0.29, 0.717) is 6.04 Å². The van der Waals surface area contributed by atoms with Crippen molar-refractivity contribution < 1.29 is 0 Å². The summed E-state index contributed by atoms with van der Waals surface area (Å²) in [5, 5.41) is 0. The Hall–Kier alpha value is -1.06. The molecule has 2 rings (SSSR count). The van der Waals surface area contributed by atoms with Gasteiger partial charge in [-0.3, -0.25) is 4.90 Å². The number of nitrogens with two attached hydrogens (primary N) is 1. The van der Waals surface area contributed by atoms with E-state index in [9.17, 15) is 0 Å². The van der Waals surface area contributed by atoms with Crippen LogP contribution in [0.2, 0.25) is 0 Å². The Kier molecular flexibility index (Phi) is 3.46. The van der Waals surface area contributed by atoms with E-state index in [1.54, 1.807) is 0 Å². The Labute approximate surface area is 97.8 Å². The Bertz CT molecular complexity index is 332. The molecule has 1 aromatic carbocycles. The van der Waals surface area contributed by atoms with Crippen molar-refractivity contribution in [2.75, 3.05) is 32.1 Å². The molecule has 1 heterocycles. The number of likely N-dealkylation sites (tertiary alicyclic amines) is 1. The second kappa shape index (κ2) is 4.85. The van der Waals surface area contributed by atoms with Crippen molar-refractivity contribution >= 4 is 5.69 Å². The third-order valence-electron chi connectivity index (χ3n) is 3.17. The zero-order chi connectivity index (χ0) is 11.5. The lowest BCUT2D eigenvalue weighted by Gasteiger charge is -2.17. The van der Waals surface area contributed by atoms with Gasteiger partial charge >= 0.3 is 0 Å². The molecule has 0 bridgehead atoms. The van der Waals surface area contributed by atoms with Gasteiger partial charge in [-0.15, -0.1) is 0 Å². The highest BCUT2D eigenvalue weighted by atomic mass is 15.2. The first kappa shape index (κ1) is 11.4. The zero-order valence-corrected chi connectivity index (χ0v) is 10.2. The van der Waals surface area contributed by atoms with Gasteiger partial charge in [0.05, 0.1) is 0 Å². The average molecular weight is 219 g/mol. The van der Waals surface area contributed by atoms with Crippen LogP contribution in [-0.2, 0) is 6.54 Å². The molecule has 3 nitrogen and oxygen atoms in total. The lowest BCUT2D eigenvalue weighted by molar-refractivity contribution is 0.327. The van der Waals surface area contributed by atoms with Crippen LogP contribution in [0.3, 0.4) is 0 Å². The smallest absolute Gasteiger partial charge is 0.0361 e. The summed E-state index contributed by atoms with van der Waals surface area (Å²) in [5.74, 6) is 0. The number of anilines is 1. The minimum absolute atomic E-state index is 0.376. The molecule has 3 heteroatoms. The standard InChI is InChI=1S/C13H21N3/c1-15(2)13-5-3-11(4-6-13)9-16-8-7-12(14)10-16/h3-6,12H,7-10,14H2,1-2H3/t12-/m1/s1. The first-order valence-electron chi connectivity index (χ1n) is 5.89. The summed E-state index contributed by atoms with van der Waals surface area (Å²) < 4.78 is 0. The van der Waals surface area contributed by atoms with Gasteiger partial charge in [0.25, 0.3) is 0 Å². The largest absolute Gasteiger partial charge is 0.378 e. The Morgan fingerprint density at radius 2 is 2.00 bits per heavy atom. The lowest BCUT2D eigenvalue weighted by Crippen LogP contribution is -2.26. The van der Waals surface area contributed by atoms with E-state index >= 15 is 0 Å². The third kappa shape index (κ3) is 2.74. The normalized spacial score (nSPS) is 21.3. The SMILES string of the molecule is CN(C)c1ccc(CN2CC[C@@H](N)C2)cc1. The molecule has 0 radical (unpaired) electrons. The van der Waals surface area contributed by atoms with Gasteiger partial charge in [-0.25, -0.2) is 0 Å². The maximum absolute atomic E-state index is 5.89. The number of nitrogens with zero attached hydrogens (tertiary/aromatic N) is 2. The van der Waals surface area contributed by atoms with Crippen LogP contribution in [0.5, 0.6) is 0 Å². The molecule has 88 valence electrons. The molecule has 0 aromatic heterocycles. The molecule has 1 aliphatic heterocycles. The summed E-state index contributed by atoms with van der Waals surface area (Å²) in [6.45, 7) is 3.20. The van der Waals surface area contributed by atoms with E-state index < -0.39 is 0 Å². The highest BCUT2D eigenvalue weighted by molar-refractivity contribution is 5.45. The minimum atomic E-state index is 0.376. The predicted octanol–water partition coefficient (Wildman–Crippen LogP) is 1.29. The molecule has 1 atom stereocenters. The van der Waals surface area contributed by atoms with E-state index in [1.165, 1.54) is 11.3 Å². The highest BCUT2D eigenvalue weighted by Crippen LogP contribution is 2.16. The van der Waals surface area contributed by atoms with Crippen LogP contribution >= 0.6 is 0 Å². The first-order chi connectivity index (χ1) is 7.65. The van der Waals surface area contributed by atoms with E-state index in [-0.39, 0.29) is 0 Å². The van der Waals surface area contributed by atoms with Crippen molar-refractivity contribution in [1.82, 2.24) is 4.90 Å². The Balaban J connectivity index is 1.95. The topological polar surface area (TPSA) is 32.5 Å². The summed E-state index contributed by atoms with van der Waals surface area (Å²) >= 11 is 0. The van der Waals surface area contributed by atoms with Gasteiger partial charge in [0.15, 0.2) is 0 Å². The van der Waals surface area contributed by atoms with Crippen molar-refractivity contribution in [2.24, 2.45) is 5.73 Å². The van der Waals surface area contributed by atoms with Gasteiger partial charge in [-0.2, -0.15) is 0 Å². The summed E-state index contributed by atoms with van der Waals surface area (Å²) in [6, 6.07) is 9.13. The number of benzene rings is 1. The van der Waals surface area contributed by atoms with Gasteiger partial charge in [0.2, 0.25) is 0 Å². The molecule has 16 heavy (non-hydrogen) atoms. The fraction of sp³-hybridized carbons (Fsp3) is 0.538. The molecule has 0 aliphatic carbocycles. The number of rotatable bonds is 3. The van der Waals surface area contributed by atoms with Crippen LogP contribution in [0.1, 0.15) is 12.0 Å². The van der Waals surface area contributed by atoms with Crippen molar-refractivity contribution in [1.29, 1.82) is 0 Å². The van der Waals surface area contributed by atoms with Crippen LogP contribution in [-0.4, -0.2) is 38.1 Å². The molecule has 1 aromatic rings. The molecule has 0 unspecified atom stereocenters. The monoisotopic (exact) mass is 219 g/mol. The van der Waals surface area contributed by atoms with Gasteiger partial charge in [-0.1, -0.05) is 12.1 Å². The second-order valence-corrected chi connectivity index (χ2v) is 4.84. The van der Waals surface area contributed by atoms with Crippen LogP contribution in [0.25, 0.3) is 0 Å². The van der Waals surface area contributed by atoms with Gasteiger partial charge in [-0.05, 0) is 24.1 Å². The van der Waals surface area contributed by atoms with E-state index in [1.807, 2.05) is 0 Å². The van der Waals surface area contributed by atoms with Crippen LogP contribution in [0.4, 0.5) is 5.69 Å². The van der Waals surface area contributed by atoms with E-state index in [0.717, 1.165) is 26.1 Å². The molecular formula is C13H21N3. The quantitative estimate of drug-likeness (QED) is 0.831. The van der Waals surface area contributed by atoms with Crippen LogP contribution < -0.4 is 10.6 Å². The summed E-state index contributed by atoms with van der Waals surface area (Å²) in [6.07, 6.45) is 1.13. The third-order valence-corrected chi connectivity index (χ3v) is 3.17. The van der Waals surface area contributed by atoms with Gasteiger partial charge in [0.1, 0.15) is 0 Å². The maximum Gasteiger partial charge on any atom is 0.0361 e. The number of hydrogen-bond donors (Lipinski definition) is 1. The molecule has 2 N–H and O–H groups in total. The predicted molar refractivity (Wildman–Crippen MR) is 68.6 cm³/mol. The fourth-order valence-electron chi connectivity index (χ4n) is 2.16. The highest BCUT2D eigenvalue weighted by Gasteiger charge is 2.18. The Morgan fingerprint density at radius 1 is 1.31 bits per heavy atom. The zero-order valence-electron chi connectivity index (χ0n) is 10.2. The molecular weight excluding hydrogens is 198 g/mol. The fourth-order valence-corrected chi connectivity index (χ4v) is 2.16. The van der Waals surface area contributed by atoms with Gasteiger partial charge in [0, 0.05) is 45.5 Å². The van der Waals surface area contributed by atoms with E-state index in [4.69, 9.17) is 5.73 Å². The molecule has 1 aliphatic rings. The average Bonchev–Trinajstić information content (AvgIpc) is 2.65. The first-order valence-corrected chi connectivity index (χ1v) is 5.89. The second-order valence-electron chi connectivity index (χ2n) is 4.84. The molecule has 1 saturated heterocycles. The lowest BCUT2D eigenvalue weighted by atomic mass is 10.2. The molecule has 1 fully saturated rings. The van der Waals surface area contributed by atoms with Gasteiger partial charge < -0.3 is 10.6 Å². The van der Waals surface area contributed by atoms with E-state index in [2.05, 4.69) is 48.2 Å². The minimum Gasteiger partial charge on any atom is -0.378 e.